The molecule has 2 aliphatic rings. The predicted octanol–water partition coefficient (Wildman–Crippen LogP) is 5.42. The Labute approximate surface area is 159 Å². The molecular weight excluding hydrogens is 332 g/mol. The van der Waals surface area contributed by atoms with Gasteiger partial charge in [0.2, 0.25) is 0 Å². The third-order valence-electron chi connectivity index (χ3n) is 5.17. The van der Waals surface area contributed by atoms with Gasteiger partial charge in [-0.3, -0.25) is 9.80 Å². The number of rotatable bonds is 1. The molecule has 0 amide bonds. The Morgan fingerprint density at radius 1 is 0.852 bits per heavy atom. The standard InChI is InChI=1S/C23H22N4/c1-23(2,3)19-15-24-21-22(25-19)26(17-10-5-4-6-11-17)20-14-13-16-9-7-8-12-18(16)27(20)21/h4-15,20H,1-3H3. The quantitative estimate of drug-likeness (QED) is 0.584. The maximum Gasteiger partial charge on any atom is 0.179 e. The second kappa shape index (κ2) is 5.68. The fourth-order valence-electron chi connectivity index (χ4n) is 3.76. The van der Waals surface area contributed by atoms with Gasteiger partial charge >= 0.3 is 0 Å². The van der Waals surface area contributed by atoms with Crippen molar-refractivity contribution in [2.24, 2.45) is 0 Å². The minimum absolute atomic E-state index is 0.0347. The van der Waals surface area contributed by atoms with E-state index in [1.807, 2.05) is 12.3 Å². The third-order valence-corrected chi connectivity index (χ3v) is 5.17. The van der Waals surface area contributed by atoms with Crippen LogP contribution < -0.4 is 9.80 Å². The van der Waals surface area contributed by atoms with Gasteiger partial charge in [-0.15, -0.1) is 0 Å². The third kappa shape index (κ3) is 2.44. The predicted molar refractivity (Wildman–Crippen MR) is 111 cm³/mol. The summed E-state index contributed by atoms with van der Waals surface area (Å²) in [6.45, 7) is 6.52. The van der Waals surface area contributed by atoms with Crippen LogP contribution in [0, 0.1) is 0 Å². The number of para-hydroxylation sites is 2. The van der Waals surface area contributed by atoms with Crippen molar-refractivity contribution in [1.82, 2.24) is 9.97 Å². The molecule has 4 heteroatoms. The van der Waals surface area contributed by atoms with Crippen LogP contribution in [0.2, 0.25) is 0 Å². The highest BCUT2D eigenvalue weighted by Gasteiger charge is 2.41. The first-order valence-electron chi connectivity index (χ1n) is 9.32. The molecule has 3 heterocycles. The van der Waals surface area contributed by atoms with Gasteiger partial charge < -0.3 is 0 Å². The Morgan fingerprint density at radius 3 is 2.37 bits per heavy atom. The first kappa shape index (κ1) is 16.1. The molecule has 4 nitrogen and oxygen atoms in total. The van der Waals surface area contributed by atoms with Crippen molar-refractivity contribution in [2.75, 3.05) is 9.80 Å². The topological polar surface area (TPSA) is 32.3 Å². The van der Waals surface area contributed by atoms with Gasteiger partial charge in [0, 0.05) is 11.1 Å². The van der Waals surface area contributed by atoms with Crippen LogP contribution in [0.5, 0.6) is 0 Å². The van der Waals surface area contributed by atoms with Crippen LogP contribution in [0.4, 0.5) is 23.0 Å². The molecule has 0 N–H and O–H groups in total. The van der Waals surface area contributed by atoms with E-state index < -0.39 is 0 Å². The summed E-state index contributed by atoms with van der Waals surface area (Å²) in [6, 6.07) is 18.9. The van der Waals surface area contributed by atoms with Crippen LogP contribution in [0.3, 0.4) is 0 Å². The maximum atomic E-state index is 5.07. The lowest BCUT2D eigenvalue weighted by molar-refractivity contribution is 0.566. The molecule has 2 aliphatic heterocycles. The van der Waals surface area contributed by atoms with Gasteiger partial charge in [-0.05, 0) is 29.8 Å². The van der Waals surface area contributed by atoms with Crippen molar-refractivity contribution in [1.29, 1.82) is 0 Å². The largest absolute Gasteiger partial charge is 0.298 e. The summed E-state index contributed by atoms with van der Waals surface area (Å²) in [6.07, 6.45) is 6.39. The van der Waals surface area contributed by atoms with Crippen LogP contribution in [-0.4, -0.2) is 16.1 Å². The summed E-state index contributed by atoms with van der Waals surface area (Å²) >= 11 is 0. The van der Waals surface area contributed by atoms with Crippen LogP contribution >= 0.6 is 0 Å². The minimum Gasteiger partial charge on any atom is -0.298 e. The zero-order valence-electron chi connectivity index (χ0n) is 15.8. The van der Waals surface area contributed by atoms with Crippen molar-refractivity contribution in [3.63, 3.8) is 0 Å². The van der Waals surface area contributed by atoms with E-state index in [-0.39, 0.29) is 11.6 Å². The van der Waals surface area contributed by atoms with E-state index in [1.54, 1.807) is 0 Å². The van der Waals surface area contributed by atoms with Crippen LogP contribution in [0.1, 0.15) is 32.0 Å². The Bertz CT molecular complexity index is 1030. The smallest absolute Gasteiger partial charge is 0.179 e. The lowest BCUT2D eigenvalue weighted by atomic mass is 9.93. The molecule has 0 bridgehead atoms. The second-order valence-electron chi connectivity index (χ2n) is 8.06. The molecule has 0 radical (unpaired) electrons. The molecule has 2 aromatic carbocycles. The first-order chi connectivity index (χ1) is 13.0. The molecule has 27 heavy (non-hydrogen) atoms. The fourth-order valence-corrected chi connectivity index (χ4v) is 3.76. The summed E-state index contributed by atoms with van der Waals surface area (Å²) in [5.74, 6) is 1.83. The van der Waals surface area contributed by atoms with Crippen molar-refractivity contribution in [3.05, 3.63) is 78.1 Å². The molecule has 1 aromatic heterocycles. The number of aromatic nitrogens is 2. The Hall–Kier alpha value is -3.14. The molecule has 1 unspecified atom stereocenters. The van der Waals surface area contributed by atoms with E-state index in [4.69, 9.17) is 9.97 Å². The van der Waals surface area contributed by atoms with E-state index in [0.717, 1.165) is 23.0 Å². The Kier molecular flexibility index (Phi) is 3.38. The highest BCUT2D eigenvalue weighted by atomic mass is 15.5. The number of anilines is 4. The average molecular weight is 354 g/mol. The molecule has 134 valence electrons. The number of fused-ring (bicyclic) bond motifs is 5. The molecule has 0 fully saturated rings. The molecule has 0 saturated carbocycles. The highest BCUT2D eigenvalue weighted by molar-refractivity contribution is 5.89. The lowest BCUT2D eigenvalue weighted by Crippen LogP contribution is -2.38. The van der Waals surface area contributed by atoms with E-state index >= 15 is 0 Å². The summed E-state index contributed by atoms with van der Waals surface area (Å²) in [5, 5.41) is 0. The molecule has 5 rings (SSSR count). The Balaban J connectivity index is 1.75. The van der Waals surface area contributed by atoms with Crippen LogP contribution in [0.15, 0.2) is 66.9 Å². The molecule has 1 atom stereocenters. The van der Waals surface area contributed by atoms with Crippen molar-refractivity contribution in [2.45, 2.75) is 32.4 Å². The van der Waals surface area contributed by atoms with Gasteiger partial charge in [0.15, 0.2) is 11.6 Å². The van der Waals surface area contributed by atoms with Gasteiger partial charge in [0.25, 0.3) is 0 Å². The SMILES string of the molecule is CC(C)(C)c1cnc2c(n1)N(c1ccccc1)C1C=Cc3ccccc3N21. The maximum absolute atomic E-state index is 5.07. The number of hydrogen-bond donors (Lipinski definition) is 0. The summed E-state index contributed by atoms with van der Waals surface area (Å²) in [4.78, 5) is 14.5. The van der Waals surface area contributed by atoms with Crippen LogP contribution in [-0.2, 0) is 5.41 Å². The normalized spacial score (nSPS) is 17.5. The number of benzene rings is 2. The van der Waals surface area contributed by atoms with Crippen molar-refractivity contribution in [3.8, 4) is 0 Å². The van der Waals surface area contributed by atoms with Gasteiger partial charge in [0.1, 0.15) is 6.17 Å². The van der Waals surface area contributed by atoms with E-state index in [9.17, 15) is 0 Å². The summed E-state index contributed by atoms with van der Waals surface area (Å²) in [5.41, 5.74) is 4.44. The zero-order chi connectivity index (χ0) is 18.6. The summed E-state index contributed by atoms with van der Waals surface area (Å²) in [7, 11) is 0. The molecule has 0 aliphatic carbocycles. The molecular formula is C23H22N4. The van der Waals surface area contributed by atoms with E-state index in [0.29, 0.717) is 0 Å². The van der Waals surface area contributed by atoms with Crippen LogP contribution in [0.25, 0.3) is 6.08 Å². The van der Waals surface area contributed by atoms with Gasteiger partial charge in [0.05, 0.1) is 17.6 Å². The number of hydrogen-bond acceptors (Lipinski definition) is 4. The average Bonchev–Trinajstić information content (AvgIpc) is 3.02. The molecule has 0 saturated heterocycles. The first-order valence-corrected chi connectivity index (χ1v) is 9.32. The van der Waals surface area contributed by atoms with Crippen molar-refractivity contribution >= 4 is 29.1 Å². The van der Waals surface area contributed by atoms with Gasteiger partial charge in [-0.1, -0.05) is 63.2 Å². The second-order valence-corrected chi connectivity index (χ2v) is 8.06. The minimum atomic E-state index is -0.0543. The van der Waals surface area contributed by atoms with E-state index in [2.05, 4.69) is 91.3 Å². The van der Waals surface area contributed by atoms with E-state index in [1.165, 1.54) is 11.3 Å². The fraction of sp³-hybridized carbons (Fsp3) is 0.217. The van der Waals surface area contributed by atoms with Gasteiger partial charge in [-0.2, -0.15) is 0 Å². The Morgan fingerprint density at radius 2 is 1.59 bits per heavy atom. The monoisotopic (exact) mass is 354 g/mol. The number of nitrogens with zero attached hydrogens (tertiary/aromatic N) is 4. The van der Waals surface area contributed by atoms with Gasteiger partial charge in [-0.25, -0.2) is 9.97 Å². The zero-order valence-corrected chi connectivity index (χ0v) is 15.8. The van der Waals surface area contributed by atoms with Crippen molar-refractivity contribution < 1.29 is 0 Å². The molecule has 0 spiro atoms. The highest BCUT2D eigenvalue weighted by Crippen LogP contribution is 2.48. The summed E-state index contributed by atoms with van der Waals surface area (Å²) < 4.78 is 0. The molecule has 3 aromatic rings. The lowest BCUT2D eigenvalue weighted by Gasteiger charge is -2.33.